The second-order valence-electron chi connectivity index (χ2n) is 5.35. The van der Waals surface area contributed by atoms with E-state index in [4.69, 9.17) is 0 Å². The molecule has 0 amide bonds. The summed E-state index contributed by atoms with van der Waals surface area (Å²) >= 11 is 0. The predicted octanol–water partition coefficient (Wildman–Crippen LogP) is 4.64. The Bertz CT molecular complexity index is 142. The summed E-state index contributed by atoms with van der Waals surface area (Å²) in [5.74, 6) is 1.85. The summed E-state index contributed by atoms with van der Waals surface area (Å²) in [6.45, 7) is 9.68. The van der Waals surface area contributed by atoms with Crippen LogP contribution in [-0.2, 0) is 0 Å². The van der Waals surface area contributed by atoms with E-state index in [0.29, 0.717) is 5.41 Å². The molecule has 0 bridgehead atoms. The number of hydrogen-bond donors (Lipinski definition) is 0. The van der Waals surface area contributed by atoms with Crippen molar-refractivity contribution in [2.24, 2.45) is 17.3 Å². The molecule has 1 fully saturated rings. The number of hydrogen-bond acceptors (Lipinski definition) is 0. The van der Waals surface area contributed by atoms with E-state index >= 15 is 0 Å². The molecule has 1 atom stereocenters. The minimum Gasteiger partial charge on any atom is -0.0648 e. The second kappa shape index (κ2) is 4.48. The zero-order chi connectivity index (χ0) is 9.90. The van der Waals surface area contributed by atoms with E-state index in [0.717, 1.165) is 11.8 Å². The fourth-order valence-electron chi connectivity index (χ4n) is 2.93. The Morgan fingerprint density at radius 1 is 1.15 bits per heavy atom. The lowest BCUT2D eigenvalue weighted by atomic mass is 9.63. The van der Waals surface area contributed by atoms with Gasteiger partial charge in [-0.3, -0.25) is 0 Å². The van der Waals surface area contributed by atoms with Crippen LogP contribution < -0.4 is 0 Å². The van der Waals surface area contributed by atoms with E-state index in [1.807, 2.05) is 0 Å². The highest BCUT2D eigenvalue weighted by Crippen LogP contribution is 2.45. The average Bonchev–Trinajstić information content (AvgIpc) is 2.17. The molecule has 1 rings (SSSR count). The maximum absolute atomic E-state index is 2.51. The van der Waals surface area contributed by atoms with E-state index in [9.17, 15) is 0 Å². The van der Waals surface area contributed by atoms with E-state index < -0.39 is 0 Å². The lowest BCUT2D eigenvalue weighted by Crippen LogP contribution is -2.33. The summed E-state index contributed by atoms with van der Waals surface area (Å²) in [6, 6.07) is 0. The molecular weight excluding hydrogens is 156 g/mol. The van der Waals surface area contributed by atoms with E-state index in [1.165, 1.54) is 38.5 Å². The molecular formula is C13H26. The molecule has 1 aliphatic carbocycles. The molecule has 0 aromatic rings. The van der Waals surface area contributed by atoms with E-state index in [-0.39, 0.29) is 0 Å². The molecule has 0 radical (unpaired) electrons. The Balaban J connectivity index is 2.62. The van der Waals surface area contributed by atoms with Crippen LogP contribution in [0.3, 0.4) is 0 Å². The Morgan fingerprint density at radius 3 is 2.08 bits per heavy atom. The lowest BCUT2D eigenvalue weighted by Gasteiger charge is -2.42. The van der Waals surface area contributed by atoms with E-state index in [1.54, 1.807) is 0 Å². The molecule has 1 unspecified atom stereocenters. The molecule has 0 N–H and O–H groups in total. The number of rotatable bonds is 3. The Hall–Kier alpha value is 0. The summed E-state index contributed by atoms with van der Waals surface area (Å²) in [4.78, 5) is 0. The standard InChI is InChI=1S/C13H26/c1-5-13(4,11(2)3)12-9-7-6-8-10-12/h11-12H,5-10H2,1-4H3. The smallest absolute Gasteiger partial charge is 0.0277 e. The van der Waals surface area contributed by atoms with Crippen LogP contribution >= 0.6 is 0 Å². The summed E-state index contributed by atoms with van der Waals surface area (Å²) in [7, 11) is 0. The minimum atomic E-state index is 0.612. The molecule has 13 heavy (non-hydrogen) atoms. The highest BCUT2D eigenvalue weighted by atomic mass is 14.4. The maximum atomic E-state index is 2.51. The van der Waals surface area contributed by atoms with Gasteiger partial charge in [0, 0.05) is 0 Å². The molecule has 0 spiro atoms. The van der Waals surface area contributed by atoms with Crippen molar-refractivity contribution in [3.8, 4) is 0 Å². The van der Waals surface area contributed by atoms with Crippen molar-refractivity contribution in [2.75, 3.05) is 0 Å². The Kier molecular flexibility index (Phi) is 3.82. The molecule has 1 saturated carbocycles. The zero-order valence-electron chi connectivity index (χ0n) is 9.90. The maximum Gasteiger partial charge on any atom is -0.0277 e. The van der Waals surface area contributed by atoms with Gasteiger partial charge in [0.05, 0.1) is 0 Å². The molecule has 0 aromatic carbocycles. The molecule has 0 saturated heterocycles. The van der Waals surface area contributed by atoms with Gasteiger partial charge in [-0.25, -0.2) is 0 Å². The zero-order valence-corrected chi connectivity index (χ0v) is 9.90. The third-order valence-electron chi connectivity index (χ3n) is 4.62. The van der Waals surface area contributed by atoms with Crippen molar-refractivity contribution < 1.29 is 0 Å². The summed E-state index contributed by atoms with van der Waals surface area (Å²) in [5, 5.41) is 0. The predicted molar refractivity (Wildman–Crippen MR) is 59.8 cm³/mol. The largest absolute Gasteiger partial charge is 0.0648 e. The van der Waals surface area contributed by atoms with Crippen molar-refractivity contribution in [1.29, 1.82) is 0 Å². The lowest BCUT2D eigenvalue weighted by molar-refractivity contribution is 0.0758. The van der Waals surface area contributed by atoms with Crippen molar-refractivity contribution in [3.63, 3.8) is 0 Å². The van der Waals surface area contributed by atoms with Crippen LogP contribution in [0.15, 0.2) is 0 Å². The molecule has 1 aliphatic rings. The second-order valence-corrected chi connectivity index (χ2v) is 5.35. The molecule has 0 aliphatic heterocycles. The normalized spacial score (nSPS) is 24.7. The van der Waals surface area contributed by atoms with Gasteiger partial charge in [0.1, 0.15) is 0 Å². The fourth-order valence-corrected chi connectivity index (χ4v) is 2.93. The molecule has 0 nitrogen and oxygen atoms in total. The van der Waals surface area contributed by atoms with Gasteiger partial charge in [-0.1, -0.05) is 53.4 Å². The van der Waals surface area contributed by atoms with Gasteiger partial charge in [0.25, 0.3) is 0 Å². The van der Waals surface area contributed by atoms with E-state index in [2.05, 4.69) is 27.7 Å². The molecule has 0 aromatic heterocycles. The Labute approximate surface area is 84.1 Å². The Morgan fingerprint density at radius 2 is 1.69 bits per heavy atom. The first-order valence-electron chi connectivity index (χ1n) is 6.11. The van der Waals surface area contributed by atoms with Crippen molar-refractivity contribution >= 4 is 0 Å². The van der Waals surface area contributed by atoms with Crippen LogP contribution in [0.1, 0.15) is 66.2 Å². The van der Waals surface area contributed by atoms with Crippen LogP contribution in [0.4, 0.5) is 0 Å². The topological polar surface area (TPSA) is 0 Å². The first kappa shape index (κ1) is 11.1. The van der Waals surface area contributed by atoms with Gasteiger partial charge in [-0.2, -0.15) is 0 Å². The molecule has 0 heteroatoms. The summed E-state index contributed by atoms with van der Waals surface area (Å²) in [6.07, 6.45) is 8.77. The third-order valence-corrected chi connectivity index (χ3v) is 4.62. The summed E-state index contributed by atoms with van der Waals surface area (Å²) < 4.78 is 0. The minimum absolute atomic E-state index is 0.612. The van der Waals surface area contributed by atoms with Gasteiger partial charge in [-0.15, -0.1) is 0 Å². The molecule has 78 valence electrons. The van der Waals surface area contributed by atoms with Crippen molar-refractivity contribution in [1.82, 2.24) is 0 Å². The average molecular weight is 182 g/mol. The van der Waals surface area contributed by atoms with Gasteiger partial charge < -0.3 is 0 Å². The highest BCUT2D eigenvalue weighted by molar-refractivity contribution is 4.85. The van der Waals surface area contributed by atoms with Crippen LogP contribution in [0, 0.1) is 17.3 Å². The van der Waals surface area contributed by atoms with Crippen LogP contribution in [0.5, 0.6) is 0 Å². The fraction of sp³-hybridized carbons (Fsp3) is 1.00. The van der Waals surface area contributed by atoms with Gasteiger partial charge in [-0.05, 0) is 30.1 Å². The van der Waals surface area contributed by atoms with Crippen molar-refractivity contribution in [2.45, 2.75) is 66.2 Å². The SMILES string of the molecule is CCC(C)(C(C)C)C1CCCCC1. The van der Waals surface area contributed by atoms with Gasteiger partial charge >= 0.3 is 0 Å². The first-order valence-corrected chi connectivity index (χ1v) is 6.11. The summed E-state index contributed by atoms with van der Waals surface area (Å²) in [5.41, 5.74) is 0.612. The van der Waals surface area contributed by atoms with Crippen molar-refractivity contribution in [3.05, 3.63) is 0 Å². The quantitative estimate of drug-likeness (QED) is 0.596. The van der Waals surface area contributed by atoms with Gasteiger partial charge in [0.15, 0.2) is 0 Å². The van der Waals surface area contributed by atoms with Gasteiger partial charge in [0.2, 0.25) is 0 Å². The highest BCUT2D eigenvalue weighted by Gasteiger charge is 2.35. The molecule has 0 heterocycles. The monoisotopic (exact) mass is 182 g/mol. The van der Waals surface area contributed by atoms with Crippen LogP contribution in [0.25, 0.3) is 0 Å². The third kappa shape index (κ3) is 2.27. The van der Waals surface area contributed by atoms with Crippen LogP contribution in [-0.4, -0.2) is 0 Å². The first-order chi connectivity index (χ1) is 6.11. The van der Waals surface area contributed by atoms with Crippen LogP contribution in [0.2, 0.25) is 0 Å².